The van der Waals surface area contributed by atoms with Crippen LogP contribution in [0.2, 0.25) is 10.0 Å². The molecule has 6 heteroatoms. The van der Waals surface area contributed by atoms with E-state index in [0.29, 0.717) is 21.4 Å². The number of benzene rings is 1. The highest BCUT2D eigenvalue weighted by molar-refractivity contribution is 6.37. The van der Waals surface area contributed by atoms with Gasteiger partial charge in [0.15, 0.2) is 5.75 Å². The predicted octanol–water partition coefficient (Wildman–Crippen LogP) is 2.47. The highest BCUT2D eigenvalue weighted by Crippen LogP contribution is 2.33. The van der Waals surface area contributed by atoms with Gasteiger partial charge in [0.2, 0.25) is 5.91 Å². The van der Waals surface area contributed by atoms with Gasteiger partial charge in [0.05, 0.1) is 23.4 Å². The van der Waals surface area contributed by atoms with Gasteiger partial charge in [0, 0.05) is 6.92 Å². The van der Waals surface area contributed by atoms with Crippen molar-refractivity contribution in [2.24, 2.45) is 5.10 Å². The Labute approximate surface area is 103 Å². The van der Waals surface area contributed by atoms with Crippen LogP contribution in [0.4, 0.5) is 0 Å². The smallest absolute Gasteiger partial charge is 0.236 e. The number of carbonyl (C=O) groups is 1. The standard InChI is InChI=1S/C10H10Cl2N2O2/c1-6(15)14-13-5-7-3-8(11)10(16-2)9(12)4-7/h3-5H,1-2H3,(H,14,15)/b13-5-. The SMILES string of the molecule is COc1c(Cl)cc(/C=N\NC(C)=O)cc1Cl. The number of ether oxygens (including phenoxy) is 1. The first-order chi connectivity index (χ1) is 7.54. The van der Waals surface area contributed by atoms with Gasteiger partial charge >= 0.3 is 0 Å². The summed E-state index contributed by atoms with van der Waals surface area (Å²) in [5, 5.41) is 4.47. The molecule has 1 aromatic carbocycles. The van der Waals surface area contributed by atoms with E-state index in [1.54, 1.807) is 12.1 Å². The number of rotatable bonds is 3. The van der Waals surface area contributed by atoms with Crippen LogP contribution < -0.4 is 10.2 Å². The van der Waals surface area contributed by atoms with Gasteiger partial charge in [0.25, 0.3) is 0 Å². The third kappa shape index (κ3) is 3.40. The lowest BCUT2D eigenvalue weighted by molar-refractivity contribution is -0.118. The van der Waals surface area contributed by atoms with E-state index in [-0.39, 0.29) is 5.91 Å². The largest absolute Gasteiger partial charge is 0.494 e. The number of carbonyl (C=O) groups excluding carboxylic acids is 1. The molecule has 0 fully saturated rings. The van der Waals surface area contributed by atoms with Crippen molar-refractivity contribution in [3.05, 3.63) is 27.7 Å². The zero-order valence-electron chi connectivity index (χ0n) is 8.75. The molecule has 0 radical (unpaired) electrons. The van der Waals surface area contributed by atoms with E-state index in [1.165, 1.54) is 20.2 Å². The fourth-order valence-corrected chi connectivity index (χ4v) is 1.70. The topological polar surface area (TPSA) is 50.7 Å². The van der Waals surface area contributed by atoms with Crippen LogP contribution in [0.5, 0.6) is 5.75 Å². The lowest BCUT2D eigenvalue weighted by Gasteiger charge is -2.06. The van der Waals surface area contributed by atoms with E-state index in [1.807, 2.05) is 0 Å². The van der Waals surface area contributed by atoms with Gasteiger partial charge in [-0.3, -0.25) is 4.79 Å². The molecule has 0 bridgehead atoms. The third-order valence-corrected chi connectivity index (χ3v) is 2.22. The molecule has 4 nitrogen and oxygen atoms in total. The molecule has 1 rings (SSSR count). The summed E-state index contributed by atoms with van der Waals surface area (Å²) < 4.78 is 5.00. The maximum absolute atomic E-state index is 10.6. The molecule has 0 aromatic heterocycles. The van der Waals surface area contributed by atoms with Crippen molar-refractivity contribution in [3.8, 4) is 5.75 Å². The van der Waals surface area contributed by atoms with Gasteiger partial charge < -0.3 is 4.74 Å². The van der Waals surface area contributed by atoms with Gasteiger partial charge in [-0.2, -0.15) is 5.10 Å². The van der Waals surface area contributed by atoms with E-state index < -0.39 is 0 Å². The Balaban J connectivity index is 2.91. The van der Waals surface area contributed by atoms with Crippen molar-refractivity contribution in [2.75, 3.05) is 7.11 Å². The Bertz CT molecular complexity index is 410. The lowest BCUT2D eigenvalue weighted by atomic mass is 10.2. The Morgan fingerprint density at radius 2 is 2.00 bits per heavy atom. The molecule has 0 aliphatic heterocycles. The minimum Gasteiger partial charge on any atom is -0.494 e. The summed E-state index contributed by atoms with van der Waals surface area (Å²) in [5.41, 5.74) is 2.95. The molecule has 0 saturated carbocycles. The summed E-state index contributed by atoms with van der Waals surface area (Å²) in [7, 11) is 1.48. The molecule has 0 heterocycles. The van der Waals surface area contributed by atoms with E-state index >= 15 is 0 Å². The third-order valence-electron chi connectivity index (χ3n) is 1.66. The highest BCUT2D eigenvalue weighted by Gasteiger charge is 2.07. The number of hydrazone groups is 1. The zero-order chi connectivity index (χ0) is 12.1. The van der Waals surface area contributed by atoms with Crippen molar-refractivity contribution in [1.82, 2.24) is 5.43 Å². The van der Waals surface area contributed by atoms with Crippen molar-refractivity contribution in [1.29, 1.82) is 0 Å². The molecular weight excluding hydrogens is 251 g/mol. The normalized spacial score (nSPS) is 10.5. The molecule has 86 valence electrons. The second kappa shape index (κ2) is 5.72. The summed E-state index contributed by atoms with van der Waals surface area (Å²) in [4.78, 5) is 10.6. The fraction of sp³-hybridized carbons (Fsp3) is 0.200. The summed E-state index contributed by atoms with van der Waals surface area (Å²) in [6.07, 6.45) is 1.44. The predicted molar refractivity (Wildman–Crippen MR) is 64.4 cm³/mol. The van der Waals surface area contributed by atoms with Crippen LogP contribution >= 0.6 is 23.2 Å². The number of halogens is 2. The summed E-state index contributed by atoms with van der Waals surface area (Å²) >= 11 is 11.8. The molecule has 0 aliphatic carbocycles. The van der Waals surface area contributed by atoms with Gasteiger partial charge in [-0.1, -0.05) is 23.2 Å². The van der Waals surface area contributed by atoms with Gasteiger partial charge in [-0.15, -0.1) is 0 Å². The Kier molecular flexibility index (Phi) is 4.58. The first-order valence-corrected chi connectivity index (χ1v) is 5.13. The number of hydrogen-bond acceptors (Lipinski definition) is 3. The first-order valence-electron chi connectivity index (χ1n) is 4.37. The van der Waals surface area contributed by atoms with E-state index in [4.69, 9.17) is 27.9 Å². The number of nitrogens with one attached hydrogen (secondary N) is 1. The average molecular weight is 261 g/mol. The fourth-order valence-electron chi connectivity index (χ4n) is 1.05. The number of amides is 1. The lowest BCUT2D eigenvalue weighted by Crippen LogP contribution is -2.12. The molecule has 0 spiro atoms. The van der Waals surface area contributed by atoms with Crippen LogP contribution in [0.1, 0.15) is 12.5 Å². The summed E-state index contributed by atoms with van der Waals surface area (Å²) in [6.45, 7) is 1.37. The monoisotopic (exact) mass is 260 g/mol. The average Bonchev–Trinajstić information content (AvgIpc) is 2.16. The quantitative estimate of drug-likeness (QED) is 0.671. The van der Waals surface area contributed by atoms with E-state index in [9.17, 15) is 4.79 Å². The second-order valence-electron chi connectivity index (χ2n) is 2.94. The van der Waals surface area contributed by atoms with Crippen LogP contribution in [0, 0.1) is 0 Å². The Morgan fingerprint density at radius 1 is 1.44 bits per heavy atom. The van der Waals surface area contributed by atoms with Crippen molar-refractivity contribution < 1.29 is 9.53 Å². The molecular formula is C10H10Cl2N2O2. The van der Waals surface area contributed by atoms with Gasteiger partial charge in [-0.05, 0) is 17.7 Å². The van der Waals surface area contributed by atoms with E-state index in [0.717, 1.165) is 0 Å². The molecule has 1 amide bonds. The van der Waals surface area contributed by atoms with Crippen LogP contribution in [0.3, 0.4) is 0 Å². The van der Waals surface area contributed by atoms with Crippen molar-refractivity contribution >= 4 is 35.3 Å². The molecule has 0 unspecified atom stereocenters. The Hall–Kier alpha value is -1.26. The van der Waals surface area contributed by atoms with Crippen LogP contribution in [0.25, 0.3) is 0 Å². The second-order valence-corrected chi connectivity index (χ2v) is 3.76. The summed E-state index contributed by atoms with van der Waals surface area (Å²) in [5.74, 6) is 0.168. The summed E-state index contributed by atoms with van der Waals surface area (Å²) in [6, 6.07) is 3.27. The van der Waals surface area contributed by atoms with Gasteiger partial charge in [0.1, 0.15) is 0 Å². The molecule has 1 N–H and O–H groups in total. The molecule has 16 heavy (non-hydrogen) atoms. The van der Waals surface area contributed by atoms with Gasteiger partial charge in [-0.25, -0.2) is 5.43 Å². The maximum atomic E-state index is 10.6. The zero-order valence-corrected chi connectivity index (χ0v) is 10.3. The van der Waals surface area contributed by atoms with Crippen molar-refractivity contribution in [3.63, 3.8) is 0 Å². The number of nitrogens with zero attached hydrogens (tertiary/aromatic N) is 1. The Morgan fingerprint density at radius 3 is 2.44 bits per heavy atom. The highest BCUT2D eigenvalue weighted by atomic mass is 35.5. The minimum absolute atomic E-state index is 0.248. The van der Waals surface area contributed by atoms with Crippen LogP contribution in [-0.4, -0.2) is 19.2 Å². The molecule has 0 saturated heterocycles. The van der Waals surface area contributed by atoms with E-state index in [2.05, 4.69) is 10.5 Å². The van der Waals surface area contributed by atoms with Crippen molar-refractivity contribution in [2.45, 2.75) is 6.92 Å². The molecule has 0 aliphatic rings. The molecule has 1 aromatic rings. The number of hydrogen-bond donors (Lipinski definition) is 1. The van der Waals surface area contributed by atoms with Crippen LogP contribution in [0.15, 0.2) is 17.2 Å². The van der Waals surface area contributed by atoms with Crippen LogP contribution in [-0.2, 0) is 4.79 Å². The molecule has 0 atom stereocenters. The first kappa shape index (κ1) is 12.8. The number of methoxy groups -OCH3 is 1. The maximum Gasteiger partial charge on any atom is 0.236 e. The minimum atomic E-state index is -0.248.